The Labute approximate surface area is 134 Å². The molecule has 0 radical (unpaired) electrons. The molecule has 1 aliphatic heterocycles. The van der Waals surface area contributed by atoms with Crippen LogP contribution in [0, 0.1) is 5.92 Å². The van der Waals surface area contributed by atoms with E-state index in [0.29, 0.717) is 35.8 Å². The van der Waals surface area contributed by atoms with Crippen molar-refractivity contribution >= 4 is 5.78 Å². The number of rotatable bonds is 4. The number of methoxy groups -OCH3 is 2. The third-order valence-electron chi connectivity index (χ3n) is 3.97. The number of ether oxygens (including phenoxy) is 3. The number of benzene rings is 2. The summed E-state index contributed by atoms with van der Waals surface area (Å²) in [5, 5.41) is 9.34. The number of ketones is 1. The molecule has 5 nitrogen and oxygen atoms in total. The van der Waals surface area contributed by atoms with E-state index in [1.807, 2.05) is 12.1 Å². The minimum atomic E-state index is -0.283. The van der Waals surface area contributed by atoms with Gasteiger partial charge >= 0.3 is 0 Å². The molecule has 1 aliphatic rings. The molecule has 1 heterocycles. The lowest BCUT2D eigenvalue weighted by molar-refractivity contribution is 0.0825. The van der Waals surface area contributed by atoms with Crippen LogP contribution in [0.15, 0.2) is 36.4 Å². The molecule has 3 rings (SSSR count). The summed E-state index contributed by atoms with van der Waals surface area (Å²) < 4.78 is 16.3. The number of carbonyl (C=O) groups is 1. The summed E-state index contributed by atoms with van der Waals surface area (Å²) in [6.07, 6.45) is 0.549. The van der Waals surface area contributed by atoms with E-state index in [1.165, 1.54) is 7.11 Å². The number of carbonyl (C=O) groups excluding carboxylic acids is 1. The predicted molar refractivity (Wildman–Crippen MR) is 84.7 cm³/mol. The first-order valence-electron chi connectivity index (χ1n) is 7.33. The fourth-order valence-corrected chi connectivity index (χ4v) is 2.74. The Balaban J connectivity index is 1.89. The molecule has 0 amide bonds. The molecule has 1 atom stereocenters. The summed E-state index contributed by atoms with van der Waals surface area (Å²) in [4.78, 5) is 12.8. The number of Topliss-reactive ketones (excluding diaryl/α,β-unsaturated/α-hetero) is 1. The van der Waals surface area contributed by atoms with Crippen molar-refractivity contribution in [1.82, 2.24) is 0 Å². The van der Waals surface area contributed by atoms with E-state index in [2.05, 4.69) is 0 Å². The van der Waals surface area contributed by atoms with Crippen LogP contribution in [-0.4, -0.2) is 31.7 Å². The summed E-state index contributed by atoms with van der Waals surface area (Å²) in [6, 6.07) is 10.2. The van der Waals surface area contributed by atoms with Crippen molar-refractivity contribution in [2.24, 2.45) is 5.92 Å². The molecule has 0 saturated heterocycles. The van der Waals surface area contributed by atoms with Crippen molar-refractivity contribution in [3.8, 4) is 23.0 Å². The van der Waals surface area contributed by atoms with E-state index in [-0.39, 0.29) is 17.5 Å². The van der Waals surface area contributed by atoms with Crippen LogP contribution in [-0.2, 0) is 6.42 Å². The number of hydrogen-bond donors (Lipinski definition) is 1. The van der Waals surface area contributed by atoms with Gasteiger partial charge in [-0.2, -0.15) is 0 Å². The minimum absolute atomic E-state index is 0.00109. The number of phenolic OH excluding ortho intramolecular Hbond substituents is 1. The Kier molecular flexibility index (Phi) is 4.10. The number of hydrogen-bond acceptors (Lipinski definition) is 5. The van der Waals surface area contributed by atoms with Crippen LogP contribution >= 0.6 is 0 Å². The summed E-state index contributed by atoms with van der Waals surface area (Å²) in [6.45, 7) is 0.309. The van der Waals surface area contributed by atoms with Gasteiger partial charge in [-0.1, -0.05) is 12.1 Å². The topological polar surface area (TPSA) is 65.0 Å². The maximum atomic E-state index is 12.8. The third-order valence-corrected chi connectivity index (χ3v) is 3.97. The number of aromatic hydroxyl groups is 1. The maximum absolute atomic E-state index is 12.8. The lowest BCUT2D eigenvalue weighted by Gasteiger charge is -2.26. The lowest BCUT2D eigenvalue weighted by Crippen LogP contribution is -2.30. The van der Waals surface area contributed by atoms with E-state index in [0.717, 1.165) is 5.56 Å². The molecule has 0 fully saturated rings. The first-order chi connectivity index (χ1) is 11.1. The molecule has 0 bridgehead atoms. The SMILES string of the molecule is COc1cc(OC)c2c(c1)OC[C@@H](Cc1ccc(O)cc1)C2=O. The second-order valence-electron chi connectivity index (χ2n) is 5.45. The van der Waals surface area contributed by atoms with E-state index in [1.54, 1.807) is 31.4 Å². The van der Waals surface area contributed by atoms with E-state index in [9.17, 15) is 9.90 Å². The van der Waals surface area contributed by atoms with Gasteiger partial charge in [0.05, 0.1) is 26.7 Å². The Morgan fingerprint density at radius 1 is 1.17 bits per heavy atom. The standard InChI is InChI=1S/C18H18O5/c1-21-14-8-15(22-2)17-16(9-14)23-10-12(18(17)20)7-11-3-5-13(19)6-4-11/h3-6,8-9,12,19H,7,10H2,1-2H3/t12-/m1/s1. The molecule has 0 saturated carbocycles. The van der Waals surface area contributed by atoms with Gasteiger partial charge in [0.25, 0.3) is 0 Å². The Morgan fingerprint density at radius 3 is 2.57 bits per heavy atom. The zero-order valence-corrected chi connectivity index (χ0v) is 13.0. The summed E-state index contributed by atoms with van der Waals surface area (Å²) in [7, 11) is 3.07. The largest absolute Gasteiger partial charge is 0.508 e. The molecule has 0 aliphatic carbocycles. The fraction of sp³-hybridized carbons (Fsp3) is 0.278. The maximum Gasteiger partial charge on any atom is 0.177 e. The van der Waals surface area contributed by atoms with E-state index < -0.39 is 0 Å². The van der Waals surface area contributed by atoms with E-state index in [4.69, 9.17) is 14.2 Å². The highest BCUT2D eigenvalue weighted by Crippen LogP contribution is 2.39. The van der Waals surface area contributed by atoms with Crippen molar-refractivity contribution in [3.05, 3.63) is 47.5 Å². The van der Waals surface area contributed by atoms with Crippen LogP contribution in [0.2, 0.25) is 0 Å². The zero-order valence-electron chi connectivity index (χ0n) is 13.0. The fourth-order valence-electron chi connectivity index (χ4n) is 2.74. The molecule has 5 heteroatoms. The van der Waals surface area contributed by atoms with Gasteiger partial charge in [0.1, 0.15) is 28.6 Å². The van der Waals surface area contributed by atoms with Crippen LogP contribution in [0.5, 0.6) is 23.0 Å². The lowest BCUT2D eigenvalue weighted by atomic mass is 9.89. The summed E-state index contributed by atoms with van der Waals surface area (Å²) >= 11 is 0. The van der Waals surface area contributed by atoms with Crippen molar-refractivity contribution < 1.29 is 24.1 Å². The Bertz CT molecular complexity index is 704. The van der Waals surface area contributed by atoms with Gasteiger partial charge < -0.3 is 19.3 Å². The summed E-state index contributed by atoms with van der Waals surface area (Å²) in [5.74, 6) is 1.46. The highest BCUT2D eigenvalue weighted by atomic mass is 16.5. The Morgan fingerprint density at radius 2 is 1.91 bits per heavy atom. The minimum Gasteiger partial charge on any atom is -0.508 e. The van der Waals surface area contributed by atoms with Crippen LogP contribution < -0.4 is 14.2 Å². The molecule has 1 N–H and O–H groups in total. The Hall–Kier alpha value is -2.69. The summed E-state index contributed by atoms with van der Waals surface area (Å²) in [5.41, 5.74) is 1.43. The normalized spacial score (nSPS) is 16.4. The first kappa shape index (κ1) is 15.2. The van der Waals surface area contributed by atoms with Gasteiger partial charge in [-0.15, -0.1) is 0 Å². The molecular weight excluding hydrogens is 296 g/mol. The van der Waals surface area contributed by atoms with Gasteiger partial charge in [-0.05, 0) is 24.1 Å². The zero-order chi connectivity index (χ0) is 16.4. The van der Waals surface area contributed by atoms with Gasteiger partial charge in [-0.25, -0.2) is 0 Å². The van der Waals surface area contributed by atoms with Crippen molar-refractivity contribution in [3.63, 3.8) is 0 Å². The molecule has 0 unspecified atom stereocenters. The average Bonchev–Trinajstić information content (AvgIpc) is 2.58. The van der Waals surface area contributed by atoms with Crippen LogP contribution in [0.25, 0.3) is 0 Å². The first-order valence-corrected chi connectivity index (χ1v) is 7.33. The number of fused-ring (bicyclic) bond motifs is 1. The molecule has 120 valence electrons. The van der Waals surface area contributed by atoms with Crippen molar-refractivity contribution in [1.29, 1.82) is 0 Å². The number of phenols is 1. The molecule has 2 aromatic carbocycles. The van der Waals surface area contributed by atoms with E-state index >= 15 is 0 Å². The van der Waals surface area contributed by atoms with Crippen LogP contribution in [0.3, 0.4) is 0 Å². The second-order valence-corrected chi connectivity index (χ2v) is 5.45. The molecule has 2 aromatic rings. The molecule has 0 aromatic heterocycles. The van der Waals surface area contributed by atoms with Crippen LogP contribution in [0.4, 0.5) is 0 Å². The monoisotopic (exact) mass is 314 g/mol. The van der Waals surface area contributed by atoms with Crippen molar-refractivity contribution in [2.45, 2.75) is 6.42 Å². The third kappa shape index (κ3) is 2.95. The van der Waals surface area contributed by atoms with Gasteiger partial charge in [0.15, 0.2) is 5.78 Å². The quantitative estimate of drug-likeness (QED) is 0.940. The van der Waals surface area contributed by atoms with Crippen LogP contribution in [0.1, 0.15) is 15.9 Å². The average molecular weight is 314 g/mol. The smallest absolute Gasteiger partial charge is 0.177 e. The van der Waals surface area contributed by atoms with Gasteiger partial charge in [0, 0.05) is 12.1 Å². The van der Waals surface area contributed by atoms with Gasteiger partial charge in [-0.3, -0.25) is 4.79 Å². The molecule has 23 heavy (non-hydrogen) atoms. The highest BCUT2D eigenvalue weighted by molar-refractivity contribution is 6.04. The molecular formula is C18H18O5. The highest BCUT2D eigenvalue weighted by Gasteiger charge is 2.32. The molecule has 0 spiro atoms. The second kappa shape index (κ2) is 6.20. The predicted octanol–water partition coefficient (Wildman–Crippen LogP) is 2.84. The van der Waals surface area contributed by atoms with Crippen molar-refractivity contribution in [2.75, 3.05) is 20.8 Å². The van der Waals surface area contributed by atoms with Gasteiger partial charge in [0.2, 0.25) is 0 Å².